The van der Waals surface area contributed by atoms with Crippen molar-refractivity contribution in [3.63, 3.8) is 0 Å². The predicted octanol–water partition coefficient (Wildman–Crippen LogP) is 3.61. The van der Waals surface area contributed by atoms with Crippen LogP contribution in [-0.2, 0) is 13.0 Å². The summed E-state index contributed by atoms with van der Waals surface area (Å²) in [6, 6.07) is 14.2. The molecule has 0 amide bonds. The van der Waals surface area contributed by atoms with Crippen molar-refractivity contribution < 1.29 is 13.9 Å². The predicted molar refractivity (Wildman–Crippen MR) is 101 cm³/mol. The minimum atomic E-state index is -0.222. The summed E-state index contributed by atoms with van der Waals surface area (Å²) in [6.45, 7) is 1.58. The highest BCUT2D eigenvalue weighted by molar-refractivity contribution is 5.48. The third-order valence-corrected chi connectivity index (χ3v) is 4.21. The number of nitrogens with zero attached hydrogens (tertiary/aromatic N) is 2. The molecule has 138 valence electrons. The molecule has 0 atom stereocenters. The zero-order chi connectivity index (χ0) is 18.5. The number of rotatable bonds is 7. The van der Waals surface area contributed by atoms with Crippen LogP contribution in [0.2, 0.25) is 0 Å². The zero-order valence-electron chi connectivity index (χ0n) is 14.6. The van der Waals surface area contributed by atoms with E-state index in [9.17, 15) is 4.39 Å². The Hall–Kier alpha value is -3.35. The fourth-order valence-electron chi connectivity index (χ4n) is 2.78. The number of aromatic nitrogens is 2. The van der Waals surface area contributed by atoms with Crippen molar-refractivity contribution >= 4 is 11.6 Å². The summed E-state index contributed by atoms with van der Waals surface area (Å²) >= 11 is 0. The summed E-state index contributed by atoms with van der Waals surface area (Å²) in [6.07, 6.45) is 2.30. The quantitative estimate of drug-likeness (QED) is 0.666. The highest BCUT2D eigenvalue weighted by atomic mass is 19.1. The van der Waals surface area contributed by atoms with Crippen molar-refractivity contribution in [3.05, 3.63) is 71.8 Å². The van der Waals surface area contributed by atoms with Gasteiger partial charge in [0.1, 0.15) is 23.8 Å². The Morgan fingerprint density at radius 1 is 0.852 bits per heavy atom. The van der Waals surface area contributed by atoms with Crippen molar-refractivity contribution in [1.29, 1.82) is 0 Å². The molecule has 2 heterocycles. The topological polar surface area (TPSA) is 68.3 Å². The summed E-state index contributed by atoms with van der Waals surface area (Å²) < 4.78 is 23.6. The number of ether oxygens (including phenoxy) is 2. The van der Waals surface area contributed by atoms with Gasteiger partial charge in [0, 0.05) is 19.2 Å². The molecule has 3 aromatic rings. The van der Waals surface area contributed by atoms with Gasteiger partial charge in [-0.3, -0.25) is 0 Å². The second-order valence-corrected chi connectivity index (χ2v) is 6.13. The molecule has 2 N–H and O–H groups in total. The maximum absolute atomic E-state index is 12.9. The van der Waals surface area contributed by atoms with Crippen LogP contribution in [0.3, 0.4) is 0 Å². The second-order valence-electron chi connectivity index (χ2n) is 6.13. The lowest BCUT2D eigenvalue weighted by Gasteiger charge is -2.09. The standard InChI is InChI=1S/C20H19FN4O2/c21-16-4-1-14(2-5-16)7-8-22-19-10-20(25-12-24-19)23-11-15-3-6-17-18(9-15)27-13-26-17/h1-6,9-10,12H,7-8,11,13H2,(H2,22,23,24,25). The van der Waals surface area contributed by atoms with Crippen LogP contribution in [-0.4, -0.2) is 23.3 Å². The Morgan fingerprint density at radius 2 is 1.59 bits per heavy atom. The summed E-state index contributed by atoms with van der Waals surface area (Å²) in [5.41, 5.74) is 2.14. The first-order valence-corrected chi connectivity index (χ1v) is 8.69. The van der Waals surface area contributed by atoms with E-state index in [-0.39, 0.29) is 12.6 Å². The van der Waals surface area contributed by atoms with Gasteiger partial charge in [0.05, 0.1) is 0 Å². The molecule has 1 aliphatic rings. The number of fused-ring (bicyclic) bond motifs is 1. The summed E-state index contributed by atoms with van der Waals surface area (Å²) in [4.78, 5) is 8.47. The minimum Gasteiger partial charge on any atom is -0.454 e. The van der Waals surface area contributed by atoms with Gasteiger partial charge in [0.15, 0.2) is 11.5 Å². The van der Waals surface area contributed by atoms with Crippen LogP contribution in [0.4, 0.5) is 16.0 Å². The average Bonchev–Trinajstić information content (AvgIpc) is 3.16. The lowest BCUT2D eigenvalue weighted by Crippen LogP contribution is -2.08. The molecule has 0 aliphatic carbocycles. The molecule has 0 radical (unpaired) electrons. The molecule has 6 nitrogen and oxygen atoms in total. The molecular formula is C20H19FN4O2. The monoisotopic (exact) mass is 366 g/mol. The molecular weight excluding hydrogens is 347 g/mol. The van der Waals surface area contributed by atoms with E-state index in [1.165, 1.54) is 18.5 Å². The van der Waals surface area contributed by atoms with Gasteiger partial charge in [-0.1, -0.05) is 18.2 Å². The molecule has 0 fully saturated rings. The maximum atomic E-state index is 12.9. The normalized spacial score (nSPS) is 12.0. The highest BCUT2D eigenvalue weighted by Gasteiger charge is 2.13. The van der Waals surface area contributed by atoms with Crippen molar-refractivity contribution in [1.82, 2.24) is 9.97 Å². The number of benzene rings is 2. The Balaban J connectivity index is 1.30. The second kappa shape index (κ2) is 7.90. The van der Waals surface area contributed by atoms with E-state index < -0.39 is 0 Å². The summed E-state index contributed by atoms with van der Waals surface area (Å²) in [7, 11) is 0. The SMILES string of the molecule is Fc1ccc(CCNc2cc(NCc3ccc4c(c3)OCO4)ncn2)cc1. The molecule has 27 heavy (non-hydrogen) atoms. The lowest BCUT2D eigenvalue weighted by molar-refractivity contribution is 0.174. The highest BCUT2D eigenvalue weighted by Crippen LogP contribution is 2.32. The van der Waals surface area contributed by atoms with Gasteiger partial charge in [-0.15, -0.1) is 0 Å². The molecule has 1 aliphatic heterocycles. The average molecular weight is 366 g/mol. The molecule has 1 aromatic heterocycles. The van der Waals surface area contributed by atoms with E-state index in [4.69, 9.17) is 9.47 Å². The van der Waals surface area contributed by atoms with Crippen LogP contribution >= 0.6 is 0 Å². The third-order valence-electron chi connectivity index (χ3n) is 4.21. The van der Waals surface area contributed by atoms with Gasteiger partial charge < -0.3 is 20.1 Å². The van der Waals surface area contributed by atoms with Crippen LogP contribution in [0.1, 0.15) is 11.1 Å². The molecule has 0 unspecified atom stereocenters. The van der Waals surface area contributed by atoms with E-state index in [1.54, 1.807) is 12.1 Å². The lowest BCUT2D eigenvalue weighted by atomic mass is 10.1. The fraction of sp³-hybridized carbons (Fsp3) is 0.200. The van der Waals surface area contributed by atoms with Crippen LogP contribution < -0.4 is 20.1 Å². The molecule has 7 heteroatoms. The van der Waals surface area contributed by atoms with Gasteiger partial charge in [0.2, 0.25) is 6.79 Å². The van der Waals surface area contributed by atoms with Crippen LogP contribution in [0.25, 0.3) is 0 Å². The number of halogens is 1. The maximum Gasteiger partial charge on any atom is 0.231 e. The van der Waals surface area contributed by atoms with E-state index in [1.807, 2.05) is 24.3 Å². The zero-order valence-corrected chi connectivity index (χ0v) is 14.6. The van der Waals surface area contributed by atoms with Crippen molar-refractivity contribution in [3.8, 4) is 11.5 Å². The van der Waals surface area contributed by atoms with Crippen LogP contribution in [0, 0.1) is 5.82 Å². The molecule has 0 saturated carbocycles. The Kier molecular flexibility index (Phi) is 5.00. The first-order valence-electron chi connectivity index (χ1n) is 8.69. The number of nitrogens with one attached hydrogen (secondary N) is 2. The van der Waals surface area contributed by atoms with Crippen LogP contribution in [0.5, 0.6) is 11.5 Å². The molecule has 0 spiro atoms. The summed E-state index contributed by atoms with van der Waals surface area (Å²) in [5, 5.41) is 6.54. The van der Waals surface area contributed by atoms with Gasteiger partial charge >= 0.3 is 0 Å². The summed E-state index contributed by atoms with van der Waals surface area (Å²) in [5.74, 6) is 2.78. The van der Waals surface area contributed by atoms with Gasteiger partial charge in [-0.2, -0.15) is 0 Å². The van der Waals surface area contributed by atoms with E-state index in [2.05, 4.69) is 20.6 Å². The van der Waals surface area contributed by atoms with E-state index in [0.29, 0.717) is 13.1 Å². The minimum absolute atomic E-state index is 0.222. The first-order chi connectivity index (χ1) is 13.3. The Bertz CT molecular complexity index is 918. The smallest absolute Gasteiger partial charge is 0.231 e. The first kappa shape index (κ1) is 17.1. The molecule has 0 saturated heterocycles. The van der Waals surface area contributed by atoms with Crippen molar-refractivity contribution in [2.24, 2.45) is 0 Å². The van der Waals surface area contributed by atoms with Gasteiger partial charge in [-0.05, 0) is 41.8 Å². The molecule has 4 rings (SSSR count). The fourth-order valence-corrected chi connectivity index (χ4v) is 2.78. The Labute approximate surface area is 156 Å². The number of hydrogen-bond acceptors (Lipinski definition) is 6. The Morgan fingerprint density at radius 3 is 2.44 bits per heavy atom. The van der Waals surface area contributed by atoms with E-state index >= 15 is 0 Å². The third kappa shape index (κ3) is 4.44. The van der Waals surface area contributed by atoms with Gasteiger partial charge in [-0.25, -0.2) is 14.4 Å². The number of hydrogen-bond donors (Lipinski definition) is 2. The van der Waals surface area contributed by atoms with Gasteiger partial charge in [0.25, 0.3) is 0 Å². The molecule has 2 aromatic carbocycles. The van der Waals surface area contributed by atoms with Crippen molar-refractivity contribution in [2.45, 2.75) is 13.0 Å². The van der Waals surface area contributed by atoms with E-state index in [0.717, 1.165) is 40.7 Å². The number of anilines is 2. The largest absolute Gasteiger partial charge is 0.454 e. The van der Waals surface area contributed by atoms with Crippen LogP contribution in [0.15, 0.2) is 54.9 Å². The van der Waals surface area contributed by atoms with Crippen molar-refractivity contribution in [2.75, 3.05) is 24.0 Å². The molecule has 0 bridgehead atoms.